The second-order valence-electron chi connectivity index (χ2n) is 6.25. The number of benzene rings is 1. The van der Waals surface area contributed by atoms with E-state index < -0.39 is 5.63 Å². The van der Waals surface area contributed by atoms with Gasteiger partial charge in [0, 0.05) is 23.8 Å². The summed E-state index contributed by atoms with van der Waals surface area (Å²) in [4.78, 5) is 16.2. The molecule has 1 aromatic carbocycles. The normalized spacial score (nSPS) is 10.9. The average Bonchev–Trinajstić information content (AvgIpc) is 2.70. The van der Waals surface area contributed by atoms with Crippen LogP contribution in [-0.2, 0) is 0 Å². The van der Waals surface area contributed by atoms with Crippen molar-refractivity contribution in [2.24, 2.45) is 5.73 Å². The minimum atomic E-state index is -0.553. The van der Waals surface area contributed by atoms with Crippen LogP contribution in [0.5, 0.6) is 11.5 Å². The van der Waals surface area contributed by atoms with Crippen molar-refractivity contribution in [2.45, 2.75) is 19.3 Å². The number of unbranched alkanes of at least 4 members (excludes halogenated alkanes) is 2. The molecule has 0 spiro atoms. The Morgan fingerprint density at radius 1 is 1.17 bits per heavy atom. The number of halogens is 2. The number of fused-ring (bicyclic) bond motifs is 1. The highest BCUT2D eigenvalue weighted by molar-refractivity contribution is 6.39. The molecule has 0 saturated heterocycles. The fraction of sp³-hybridized carbons (Fsp3) is 0.300. The van der Waals surface area contributed by atoms with Gasteiger partial charge in [-0.1, -0.05) is 23.2 Å². The Hall–Kier alpha value is -2.48. The molecule has 9 heteroatoms. The van der Waals surface area contributed by atoms with E-state index in [1.807, 2.05) is 0 Å². The zero-order valence-corrected chi connectivity index (χ0v) is 17.3. The summed E-state index contributed by atoms with van der Waals surface area (Å²) in [5.41, 5.74) is 6.16. The number of ether oxygens (including phenoxy) is 2. The highest BCUT2D eigenvalue weighted by atomic mass is 35.5. The molecule has 7 nitrogen and oxygen atoms in total. The van der Waals surface area contributed by atoms with E-state index in [2.05, 4.69) is 10.3 Å². The molecule has 0 bridgehead atoms. The topological polar surface area (TPSA) is 99.6 Å². The fourth-order valence-electron chi connectivity index (χ4n) is 2.85. The lowest BCUT2D eigenvalue weighted by atomic mass is 10.1. The number of methoxy groups -OCH3 is 1. The summed E-state index contributed by atoms with van der Waals surface area (Å²) in [5, 5.41) is 4.36. The molecule has 3 aromatic rings. The van der Waals surface area contributed by atoms with Gasteiger partial charge in [-0.25, -0.2) is 4.79 Å². The van der Waals surface area contributed by atoms with Crippen LogP contribution >= 0.6 is 23.2 Å². The lowest BCUT2D eigenvalue weighted by molar-refractivity contribution is 0.284. The van der Waals surface area contributed by atoms with Gasteiger partial charge in [-0.05, 0) is 37.9 Å². The van der Waals surface area contributed by atoms with E-state index in [1.165, 1.54) is 25.6 Å². The number of nitrogens with one attached hydrogen (secondary N) is 1. The molecule has 2 heterocycles. The number of pyridine rings is 1. The molecule has 2 aromatic heterocycles. The highest BCUT2D eigenvalue weighted by Gasteiger charge is 2.17. The van der Waals surface area contributed by atoms with Gasteiger partial charge >= 0.3 is 5.63 Å². The SMILES string of the molecule is COc1ccc2c(Nc3c(Cl)cncc3Cl)cc(=O)oc2c1OCCCCCN. The van der Waals surface area contributed by atoms with Crippen molar-refractivity contribution in [3.8, 4) is 11.5 Å². The summed E-state index contributed by atoms with van der Waals surface area (Å²) in [6.45, 7) is 1.08. The number of hydrogen-bond acceptors (Lipinski definition) is 7. The van der Waals surface area contributed by atoms with E-state index in [0.717, 1.165) is 19.3 Å². The van der Waals surface area contributed by atoms with Crippen LogP contribution in [0.4, 0.5) is 11.4 Å². The zero-order chi connectivity index (χ0) is 20.8. The molecule has 0 radical (unpaired) electrons. The Bertz CT molecular complexity index is 1040. The summed E-state index contributed by atoms with van der Waals surface area (Å²) in [7, 11) is 1.53. The Kier molecular flexibility index (Phi) is 7.19. The molecular weight excluding hydrogens is 417 g/mol. The second-order valence-corrected chi connectivity index (χ2v) is 7.07. The van der Waals surface area contributed by atoms with Gasteiger partial charge in [0.2, 0.25) is 5.75 Å². The van der Waals surface area contributed by atoms with Gasteiger partial charge in [-0.15, -0.1) is 0 Å². The van der Waals surface area contributed by atoms with E-state index in [0.29, 0.717) is 51.5 Å². The molecule has 0 atom stereocenters. The number of nitrogens with zero attached hydrogens (tertiary/aromatic N) is 1. The van der Waals surface area contributed by atoms with Gasteiger partial charge in [-0.3, -0.25) is 4.98 Å². The molecular formula is C20H21Cl2N3O4. The number of anilines is 2. The molecule has 0 aliphatic rings. The van der Waals surface area contributed by atoms with Crippen molar-refractivity contribution in [3.05, 3.63) is 51.1 Å². The summed E-state index contributed by atoms with van der Waals surface area (Å²) in [6, 6.07) is 4.84. The van der Waals surface area contributed by atoms with Crippen molar-refractivity contribution < 1.29 is 13.9 Å². The van der Waals surface area contributed by atoms with Crippen molar-refractivity contribution in [3.63, 3.8) is 0 Å². The number of aromatic nitrogens is 1. The first kappa shape index (κ1) is 21.2. The van der Waals surface area contributed by atoms with Gasteiger partial charge < -0.3 is 24.9 Å². The van der Waals surface area contributed by atoms with Crippen LogP contribution in [0.1, 0.15) is 19.3 Å². The molecule has 0 amide bonds. The van der Waals surface area contributed by atoms with Crippen LogP contribution in [0.25, 0.3) is 11.0 Å². The first-order valence-electron chi connectivity index (χ1n) is 9.09. The van der Waals surface area contributed by atoms with Crippen molar-refractivity contribution in [1.82, 2.24) is 4.98 Å². The Morgan fingerprint density at radius 2 is 1.93 bits per heavy atom. The van der Waals surface area contributed by atoms with Gasteiger partial charge in [0.25, 0.3) is 0 Å². The fourth-order valence-corrected chi connectivity index (χ4v) is 3.31. The van der Waals surface area contributed by atoms with E-state index in [1.54, 1.807) is 12.1 Å². The van der Waals surface area contributed by atoms with Gasteiger partial charge in [-0.2, -0.15) is 0 Å². The zero-order valence-electron chi connectivity index (χ0n) is 15.8. The average molecular weight is 438 g/mol. The van der Waals surface area contributed by atoms with Gasteiger partial charge in [0.15, 0.2) is 11.3 Å². The Balaban J connectivity index is 2.02. The standard InChI is InChI=1S/C20H21Cl2N3O4/c1-27-16-6-5-12-15(25-18-13(21)10-24-11-14(18)22)9-17(26)29-19(12)20(16)28-8-4-2-3-7-23/h5-6,9-11H,2-4,7-8,23H2,1H3,(H,24,25). The molecule has 3 rings (SSSR count). The van der Waals surface area contributed by atoms with Crippen LogP contribution < -0.4 is 26.1 Å². The number of rotatable bonds is 9. The number of nitrogens with two attached hydrogens (primary N) is 1. The molecule has 0 fully saturated rings. The molecule has 0 unspecified atom stereocenters. The van der Waals surface area contributed by atoms with Crippen molar-refractivity contribution in [2.75, 3.05) is 25.6 Å². The van der Waals surface area contributed by atoms with E-state index in [-0.39, 0.29) is 5.58 Å². The molecule has 0 aliphatic heterocycles. The molecule has 3 N–H and O–H groups in total. The van der Waals surface area contributed by atoms with Crippen LogP contribution in [-0.4, -0.2) is 25.2 Å². The largest absolute Gasteiger partial charge is 0.493 e. The van der Waals surface area contributed by atoms with Crippen molar-refractivity contribution in [1.29, 1.82) is 0 Å². The summed E-state index contributed by atoms with van der Waals surface area (Å²) < 4.78 is 16.8. The van der Waals surface area contributed by atoms with Crippen LogP contribution in [0.2, 0.25) is 10.0 Å². The highest BCUT2D eigenvalue weighted by Crippen LogP contribution is 2.40. The minimum Gasteiger partial charge on any atom is -0.493 e. The third-order valence-electron chi connectivity index (χ3n) is 4.26. The minimum absolute atomic E-state index is 0.277. The Labute approximate surface area is 177 Å². The predicted octanol–water partition coefficient (Wildman–Crippen LogP) is 4.75. The van der Waals surface area contributed by atoms with Crippen LogP contribution in [0.15, 0.2) is 39.8 Å². The lowest BCUT2D eigenvalue weighted by Crippen LogP contribution is -2.06. The van der Waals surface area contributed by atoms with E-state index >= 15 is 0 Å². The first-order valence-corrected chi connectivity index (χ1v) is 9.84. The Morgan fingerprint density at radius 3 is 2.62 bits per heavy atom. The maximum atomic E-state index is 12.2. The predicted molar refractivity (Wildman–Crippen MR) is 115 cm³/mol. The van der Waals surface area contributed by atoms with Gasteiger partial charge in [0.1, 0.15) is 0 Å². The van der Waals surface area contributed by atoms with Crippen LogP contribution in [0, 0.1) is 0 Å². The number of hydrogen-bond donors (Lipinski definition) is 2. The monoisotopic (exact) mass is 437 g/mol. The van der Waals surface area contributed by atoms with Crippen LogP contribution in [0.3, 0.4) is 0 Å². The van der Waals surface area contributed by atoms with Gasteiger partial charge in [0.05, 0.1) is 35.1 Å². The molecule has 0 aliphatic carbocycles. The second kappa shape index (κ2) is 9.82. The first-order chi connectivity index (χ1) is 14.0. The van der Waals surface area contributed by atoms with Crippen molar-refractivity contribution >= 4 is 45.5 Å². The smallest absolute Gasteiger partial charge is 0.338 e. The summed E-state index contributed by atoms with van der Waals surface area (Å²) in [5.74, 6) is 0.835. The maximum absolute atomic E-state index is 12.2. The quantitative estimate of drug-likeness (QED) is 0.367. The lowest BCUT2D eigenvalue weighted by Gasteiger charge is -2.15. The third-order valence-corrected chi connectivity index (χ3v) is 4.83. The molecule has 29 heavy (non-hydrogen) atoms. The molecule has 154 valence electrons. The third kappa shape index (κ3) is 4.93. The molecule has 0 saturated carbocycles. The van der Waals surface area contributed by atoms with E-state index in [4.69, 9.17) is 42.8 Å². The maximum Gasteiger partial charge on any atom is 0.338 e. The van der Waals surface area contributed by atoms with E-state index in [9.17, 15) is 4.79 Å². The summed E-state index contributed by atoms with van der Waals surface area (Å²) in [6.07, 6.45) is 5.61. The summed E-state index contributed by atoms with van der Waals surface area (Å²) >= 11 is 12.4.